The Kier molecular flexibility index (Phi) is 9.81. The van der Waals surface area contributed by atoms with Gasteiger partial charge in [0, 0.05) is 67.3 Å². The summed E-state index contributed by atoms with van der Waals surface area (Å²) in [4.78, 5) is 73.5. The first kappa shape index (κ1) is 40.0. The molecule has 3 fully saturated rings. The van der Waals surface area contributed by atoms with E-state index in [9.17, 15) is 37.1 Å². The molecule has 1 saturated carbocycles. The minimum Gasteiger partial charge on any atom is -0.488 e. The quantitative estimate of drug-likeness (QED) is 0.289. The third-order valence-electron chi connectivity index (χ3n) is 12.8. The van der Waals surface area contributed by atoms with E-state index in [1.807, 2.05) is 39.8 Å². The fraction of sp³-hybridized carbons (Fsp3) is 0.465. The van der Waals surface area contributed by atoms with Crippen molar-refractivity contribution in [2.24, 2.45) is 16.7 Å². The van der Waals surface area contributed by atoms with Crippen LogP contribution in [0.15, 0.2) is 48.7 Å². The molecule has 59 heavy (non-hydrogen) atoms. The van der Waals surface area contributed by atoms with Gasteiger partial charge in [-0.25, -0.2) is 4.98 Å². The van der Waals surface area contributed by atoms with Crippen LogP contribution in [0.3, 0.4) is 0 Å². The van der Waals surface area contributed by atoms with Gasteiger partial charge < -0.3 is 15.0 Å². The number of imide groups is 2. The summed E-state index contributed by atoms with van der Waals surface area (Å²) in [7, 11) is 0. The van der Waals surface area contributed by atoms with Crippen molar-refractivity contribution in [3.8, 4) is 11.8 Å². The molecule has 8 rings (SSSR count). The van der Waals surface area contributed by atoms with E-state index in [0.29, 0.717) is 35.7 Å². The molecule has 1 atom stereocenters. The van der Waals surface area contributed by atoms with Crippen LogP contribution in [-0.4, -0.2) is 82.1 Å². The van der Waals surface area contributed by atoms with E-state index in [0.717, 1.165) is 66.5 Å². The molecule has 1 aromatic heterocycles. The Morgan fingerprint density at radius 1 is 0.949 bits per heavy atom. The number of fused-ring (bicyclic) bond motifs is 2. The van der Waals surface area contributed by atoms with Gasteiger partial charge in [0.15, 0.2) is 5.69 Å². The molecule has 5 heterocycles. The predicted molar refractivity (Wildman–Crippen MR) is 206 cm³/mol. The molecular weight excluding hydrogens is 768 g/mol. The molecule has 1 unspecified atom stereocenters. The smallest absolute Gasteiger partial charge is 0.419 e. The van der Waals surface area contributed by atoms with Gasteiger partial charge >= 0.3 is 6.18 Å². The van der Waals surface area contributed by atoms with E-state index in [4.69, 9.17) is 10.00 Å². The van der Waals surface area contributed by atoms with E-state index in [1.165, 1.54) is 6.07 Å². The zero-order valence-electron chi connectivity index (χ0n) is 33.1. The van der Waals surface area contributed by atoms with Crippen molar-refractivity contribution in [2.45, 2.75) is 90.8 Å². The molecule has 0 bridgehead atoms. The van der Waals surface area contributed by atoms with Crippen LogP contribution >= 0.6 is 0 Å². The number of hydrogen-bond acceptors (Lipinski definition) is 10. The Balaban J connectivity index is 0.825. The molecule has 2 aromatic carbocycles. The number of ether oxygens (including phenoxy) is 1. The lowest BCUT2D eigenvalue weighted by molar-refractivity contribution is -0.165. The first-order valence-electron chi connectivity index (χ1n) is 19.8. The van der Waals surface area contributed by atoms with E-state index in [-0.39, 0.29) is 30.5 Å². The van der Waals surface area contributed by atoms with Crippen molar-refractivity contribution in [3.05, 3.63) is 87.7 Å². The van der Waals surface area contributed by atoms with E-state index in [2.05, 4.69) is 25.4 Å². The molecule has 1 aliphatic carbocycles. The van der Waals surface area contributed by atoms with Crippen LogP contribution in [0.5, 0.6) is 5.75 Å². The molecule has 5 aliphatic rings. The van der Waals surface area contributed by atoms with Gasteiger partial charge in [-0.05, 0) is 78.8 Å². The summed E-state index contributed by atoms with van der Waals surface area (Å²) in [5.41, 5.74) is 0.922. The van der Waals surface area contributed by atoms with Gasteiger partial charge in [-0.1, -0.05) is 27.7 Å². The lowest BCUT2D eigenvalue weighted by Crippen LogP contribution is -2.74. The number of aromatic nitrogens is 1. The van der Waals surface area contributed by atoms with E-state index < -0.39 is 64.0 Å². The summed E-state index contributed by atoms with van der Waals surface area (Å²) < 4.78 is 46.7. The summed E-state index contributed by atoms with van der Waals surface area (Å²) in [5, 5.41) is 14.5. The maximum Gasteiger partial charge on any atom is 0.419 e. The topological polar surface area (TPSA) is 165 Å². The van der Waals surface area contributed by atoms with Gasteiger partial charge in [0.05, 0.1) is 22.9 Å². The van der Waals surface area contributed by atoms with Crippen molar-refractivity contribution >= 4 is 35.2 Å². The number of amides is 5. The van der Waals surface area contributed by atoms with E-state index >= 15 is 0 Å². The number of nitrogens with one attached hydrogen (secondary N) is 2. The van der Waals surface area contributed by atoms with E-state index in [1.54, 1.807) is 24.3 Å². The fourth-order valence-electron chi connectivity index (χ4n) is 10.1. The Bertz CT molecular complexity index is 2250. The molecule has 16 heteroatoms. The van der Waals surface area contributed by atoms with Crippen LogP contribution in [0.1, 0.15) is 107 Å². The largest absolute Gasteiger partial charge is 0.488 e. The Morgan fingerprint density at radius 2 is 1.56 bits per heavy atom. The number of benzene rings is 2. The predicted octanol–water partition coefficient (Wildman–Crippen LogP) is 5.22. The van der Waals surface area contributed by atoms with Crippen molar-refractivity contribution in [1.29, 1.82) is 5.26 Å². The second-order valence-electron chi connectivity index (χ2n) is 17.5. The Labute approximate surface area is 338 Å². The number of carbonyl (C=O) groups excluding carboxylic acids is 5. The van der Waals surface area contributed by atoms with Crippen molar-refractivity contribution in [2.75, 3.05) is 24.5 Å². The lowest BCUT2D eigenvalue weighted by atomic mass is 9.49. The molecule has 0 radical (unpaired) electrons. The first-order valence-corrected chi connectivity index (χ1v) is 19.8. The second-order valence-corrected chi connectivity index (χ2v) is 17.5. The molecule has 308 valence electrons. The number of piperidine rings is 2. The minimum atomic E-state index is -4.76. The number of hydrogen-bond donors (Lipinski definition) is 2. The number of nitrogens with zero attached hydrogens (tertiary/aromatic N) is 5. The van der Waals surface area contributed by atoms with Gasteiger partial charge in [-0.3, -0.25) is 39.1 Å². The molecule has 5 amide bonds. The molecule has 2 saturated heterocycles. The third kappa shape index (κ3) is 7.08. The van der Waals surface area contributed by atoms with Crippen molar-refractivity contribution < 1.29 is 41.9 Å². The highest BCUT2D eigenvalue weighted by atomic mass is 19.4. The third-order valence-corrected chi connectivity index (χ3v) is 12.8. The van der Waals surface area contributed by atoms with Crippen LogP contribution in [0.4, 0.5) is 18.9 Å². The Morgan fingerprint density at radius 3 is 2.12 bits per heavy atom. The molecule has 0 spiro atoms. The average Bonchev–Trinajstić information content (AvgIpc) is 3.70. The van der Waals surface area contributed by atoms with Gasteiger partial charge in [0.2, 0.25) is 11.8 Å². The molecule has 13 nitrogen and oxygen atoms in total. The molecule has 3 aromatic rings. The SMILES string of the molecule is CC1(C)C(NC(=O)c2ccc(N3CCC(CN4Cc5cc6c(cc5C4)C(=O)N(C4CCC(=O)NC4=O)C6=O)CC3)cc2)C(C)(C)C1Oc1cnc(C#N)c(C(F)(F)F)c1. The van der Waals surface area contributed by atoms with Gasteiger partial charge in [0.25, 0.3) is 17.7 Å². The number of carbonyl (C=O) groups is 5. The van der Waals surface area contributed by atoms with Crippen LogP contribution < -0.4 is 20.3 Å². The highest BCUT2D eigenvalue weighted by Gasteiger charge is 2.64. The monoisotopic (exact) mass is 811 g/mol. The number of nitriles is 1. The summed E-state index contributed by atoms with van der Waals surface area (Å²) in [6.07, 6.45) is -2.08. The van der Waals surface area contributed by atoms with Crippen LogP contribution in [0.25, 0.3) is 0 Å². The number of rotatable bonds is 8. The van der Waals surface area contributed by atoms with Crippen LogP contribution in [0, 0.1) is 28.1 Å². The van der Waals surface area contributed by atoms with Crippen LogP contribution in [0.2, 0.25) is 0 Å². The summed E-state index contributed by atoms with van der Waals surface area (Å²) in [5.74, 6) is -1.95. The highest BCUT2D eigenvalue weighted by Crippen LogP contribution is 2.55. The molecule has 2 N–H and O–H groups in total. The first-order chi connectivity index (χ1) is 27.9. The zero-order chi connectivity index (χ0) is 42.2. The van der Waals surface area contributed by atoms with Gasteiger partial charge in [-0.2, -0.15) is 18.4 Å². The highest BCUT2D eigenvalue weighted by molar-refractivity contribution is 6.23. The normalized spacial score (nSPS) is 23.9. The summed E-state index contributed by atoms with van der Waals surface area (Å²) >= 11 is 0. The van der Waals surface area contributed by atoms with Gasteiger partial charge in [-0.15, -0.1) is 0 Å². The maximum absolute atomic E-state index is 13.6. The zero-order valence-corrected chi connectivity index (χ0v) is 33.1. The van der Waals surface area contributed by atoms with Crippen molar-refractivity contribution in [3.63, 3.8) is 0 Å². The molecular formula is C43H44F3N7O6. The summed E-state index contributed by atoms with van der Waals surface area (Å²) in [6, 6.07) is 12.0. The second kappa shape index (κ2) is 14.5. The number of alkyl halides is 3. The summed E-state index contributed by atoms with van der Waals surface area (Å²) in [6.45, 7) is 11.4. The number of halogens is 3. The molecule has 4 aliphatic heterocycles. The maximum atomic E-state index is 13.6. The lowest BCUT2D eigenvalue weighted by Gasteiger charge is -2.63. The fourth-order valence-corrected chi connectivity index (χ4v) is 10.1. The van der Waals surface area contributed by atoms with Crippen LogP contribution in [-0.2, 0) is 28.9 Å². The Hall–Kier alpha value is -5.82. The minimum absolute atomic E-state index is 0.0741. The van der Waals surface area contributed by atoms with Crippen molar-refractivity contribution in [1.82, 2.24) is 25.4 Å². The number of anilines is 1. The standard InChI is InChI=1S/C43H44F3N7O6/c1-41(2)39(42(3,4)40(41)59-28-17-31(43(44,45)46)32(18-47)48-19-28)50-35(55)24-5-7-27(8-6-24)52-13-11-23(12-14-52)20-51-21-25-15-29-30(16-26(25)22-51)38(58)53(37(29)57)33-9-10-34(54)49-36(33)56/h5-8,15-17,19,23,33,39-40H,9-14,20-22H2,1-4H3,(H,50,55)(H,49,54,56). The average molecular weight is 812 g/mol. The number of pyridine rings is 1. The van der Waals surface area contributed by atoms with Gasteiger partial charge in [0.1, 0.15) is 24.0 Å².